The van der Waals surface area contributed by atoms with Crippen molar-refractivity contribution in [2.24, 2.45) is 5.73 Å². The van der Waals surface area contributed by atoms with Gasteiger partial charge in [-0.05, 0) is 30.8 Å². The van der Waals surface area contributed by atoms with E-state index >= 15 is 0 Å². The van der Waals surface area contributed by atoms with E-state index in [1.54, 1.807) is 12.1 Å². The minimum Gasteiger partial charge on any atom is -0.330 e. The van der Waals surface area contributed by atoms with Crippen molar-refractivity contribution in [3.8, 4) is 0 Å². The predicted molar refractivity (Wildman–Crippen MR) is 91.7 cm³/mol. The van der Waals surface area contributed by atoms with Gasteiger partial charge in [0.15, 0.2) is 0 Å². The van der Waals surface area contributed by atoms with E-state index in [1.165, 1.54) is 0 Å². The fourth-order valence-electron chi connectivity index (χ4n) is 2.39. The SMILES string of the molecule is NCCCCCCNS(=O)(=O)c1c(Cl)ccc2ccccc12. The molecule has 0 fully saturated rings. The first-order chi connectivity index (χ1) is 10.6. The molecule has 2 rings (SSSR count). The molecule has 2 aromatic carbocycles. The van der Waals surface area contributed by atoms with E-state index in [4.69, 9.17) is 17.3 Å². The molecule has 0 aromatic heterocycles. The summed E-state index contributed by atoms with van der Waals surface area (Å²) in [5.74, 6) is 0. The Morgan fingerprint density at radius 2 is 1.73 bits per heavy atom. The molecule has 0 unspecified atom stereocenters. The molecule has 0 aliphatic rings. The van der Waals surface area contributed by atoms with Gasteiger partial charge in [0.05, 0.1) is 5.02 Å². The number of hydrogen-bond donors (Lipinski definition) is 2. The van der Waals surface area contributed by atoms with Gasteiger partial charge < -0.3 is 5.73 Å². The number of nitrogens with two attached hydrogens (primary N) is 1. The van der Waals surface area contributed by atoms with Crippen LogP contribution in [0.3, 0.4) is 0 Å². The monoisotopic (exact) mass is 340 g/mol. The van der Waals surface area contributed by atoms with Gasteiger partial charge in [0.1, 0.15) is 4.90 Å². The van der Waals surface area contributed by atoms with Gasteiger partial charge in [-0.15, -0.1) is 0 Å². The zero-order valence-corrected chi connectivity index (χ0v) is 14.0. The van der Waals surface area contributed by atoms with Crippen LogP contribution in [0.25, 0.3) is 10.8 Å². The topological polar surface area (TPSA) is 72.2 Å². The fraction of sp³-hybridized carbons (Fsp3) is 0.375. The molecule has 0 aliphatic heterocycles. The maximum absolute atomic E-state index is 12.5. The number of sulfonamides is 1. The number of rotatable bonds is 8. The van der Waals surface area contributed by atoms with Crippen molar-refractivity contribution in [2.75, 3.05) is 13.1 Å². The zero-order chi connectivity index (χ0) is 16.0. The number of benzene rings is 2. The molecule has 4 nitrogen and oxygen atoms in total. The number of hydrogen-bond acceptors (Lipinski definition) is 3. The molecular formula is C16H21ClN2O2S. The molecular weight excluding hydrogens is 320 g/mol. The molecule has 0 heterocycles. The van der Waals surface area contributed by atoms with Crippen molar-refractivity contribution in [1.29, 1.82) is 0 Å². The minimum atomic E-state index is -3.62. The van der Waals surface area contributed by atoms with Crippen molar-refractivity contribution >= 4 is 32.4 Å². The lowest BCUT2D eigenvalue weighted by Gasteiger charge is -2.11. The number of nitrogens with one attached hydrogen (secondary N) is 1. The van der Waals surface area contributed by atoms with Gasteiger partial charge >= 0.3 is 0 Å². The summed E-state index contributed by atoms with van der Waals surface area (Å²) in [4.78, 5) is 0.161. The van der Waals surface area contributed by atoms with Crippen LogP contribution in [-0.2, 0) is 10.0 Å². The number of halogens is 1. The van der Waals surface area contributed by atoms with Crippen LogP contribution in [0.2, 0.25) is 5.02 Å². The quantitative estimate of drug-likeness (QED) is 0.724. The Morgan fingerprint density at radius 1 is 1.00 bits per heavy atom. The summed E-state index contributed by atoms with van der Waals surface area (Å²) in [6.07, 6.45) is 3.75. The molecule has 0 radical (unpaired) electrons. The van der Waals surface area contributed by atoms with Gasteiger partial charge in [-0.25, -0.2) is 13.1 Å². The fourth-order valence-corrected chi connectivity index (χ4v) is 4.22. The summed E-state index contributed by atoms with van der Waals surface area (Å²) >= 11 is 6.14. The van der Waals surface area contributed by atoms with Gasteiger partial charge in [-0.2, -0.15) is 0 Å². The lowest BCUT2D eigenvalue weighted by Crippen LogP contribution is -2.25. The summed E-state index contributed by atoms with van der Waals surface area (Å²) < 4.78 is 27.7. The van der Waals surface area contributed by atoms with E-state index in [-0.39, 0.29) is 9.92 Å². The van der Waals surface area contributed by atoms with E-state index in [9.17, 15) is 8.42 Å². The molecule has 0 aliphatic carbocycles. The van der Waals surface area contributed by atoms with E-state index in [0.717, 1.165) is 31.1 Å². The zero-order valence-electron chi connectivity index (χ0n) is 12.4. The molecule has 0 amide bonds. The molecule has 6 heteroatoms. The maximum atomic E-state index is 12.5. The largest absolute Gasteiger partial charge is 0.330 e. The average molecular weight is 341 g/mol. The Hall–Kier alpha value is -1.14. The summed E-state index contributed by atoms with van der Waals surface area (Å²) in [7, 11) is -3.62. The van der Waals surface area contributed by atoms with Crippen LogP contribution in [0.5, 0.6) is 0 Å². The highest BCUT2D eigenvalue weighted by Gasteiger charge is 2.20. The second-order valence-corrected chi connectivity index (χ2v) is 7.31. The molecule has 22 heavy (non-hydrogen) atoms. The van der Waals surface area contributed by atoms with Gasteiger partial charge in [-0.3, -0.25) is 0 Å². The summed E-state index contributed by atoms with van der Waals surface area (Å²) in [6.45, 7) is 1.09. The summed E-state index contributed by atoms with van der Waals surface area (Å²) in [5.41, 5.74) is 5.43. The lowest BCUT2D eigenvalue weighted by molar-refractivity contribution is 0.573. The molecule has 0 spiro atoms. The second-order valence-electron chi connectivity index (χ2n) is 5.20. The van der Waals surface area contributed by atoms with Crippen molar-refractivity contribution in [2.45, 2.75) is 30.6 Å². The van der Waals surface area contributed by atoms with Gasteiger partial charge in [-0.1, -0.05) is 54.8 Å². The first-order valence-electron chi connectivity index (χ1n) is 7.43. The van der Waals surface area contributed by atoms with Crippen molar-refractivity contribution in [3.63, 3.8) is 0 Å². The Bertz CT molecular complexity index is 732. The van der Waals surface area contributed by atoms with E-state index in [2.05, 4.69) is 4.72 Å². The lowest BCUT2D eigenvalue weighted by atomic mass is 10.1. The van der Waals surface area contributed by atoms with Gasteiger partial charge in [0.25, 0.3) is 0 Å². The Labute approximate surface area is 136 Å². The normalized spacial score (nSPS) is 11.9. The molecule has 3 N–H and O–H groups in total. The Kier molecular flexibility index (Phi) is 6.20. The van der Waals surface area contributed by atoms with Crippen molar-refractivity contribution < 1.29 is 8.42 Å². The molecule has 0 atom stereocenters. The van der Waals surface area contributed by atoms with Crippen LogP contribution in [0.4, 0.5) is 0 Å². The van der Waals surface area contributed by atoms with Crippen molar-refractivity contribution in [1.82, 2.24) is 4.72 Å². The number of fused-ring (bicyclic) bond motifs is 1. The second kappa shape index (κ2) is 7.92. The molecule has 0 saturated heterocycles. The highest BCUT2D eigenvalue weighted by molar-refractivity contribution is 7.89. The predicted octanol–water partition coefficient (Wildman–Crippen LogP) is 3.29. The van der Waals surface area contributed by atoms with Crippen LogP contribution < -0.4 is 10.5 Å². The first kappa shape index (κ1) is 17.2. The average Bonchev–Trinajstić information content (AvgIpc) is 2.50. The van der Waals surface area contributed by atoms with Crippen LogP contribution in [-0.4, -0.2) is 21.5 Å². The Balaban J connectivity index is 2.14. The van der Waals surface area contributed by atoms with Crippen LogP contribution in [0.15, 0.2) is 41.3 Å². The van der Waals surface area contributed by atoms with Gasteiger partial charge in [0, 0.05) is 11.9 Å². The smallest absolute Gasteiger partial charge is 0.242 e. The summed E-state index contributed by atoms with van der Waals surface area (Å²) in [5, 5.41) is 1.75. The minimum absolute atomic E-state index is 0.161. The number of unbranched alkanes of at least 4 members (excludes halogenated alkanes) is 3. The highest BCUT2D eigenvalue weighted by Crippen LogP contribution is 2.30. The third-order valence-electron chi connectivity index (χ3n) is 3.52. The van der Waals surface area contributed by atoms with E-state index < -0.39 is 10.0 Å². The van der Waals surface area contributed by atoms with Crippen molar-refractivity contribution in [3.05, 3.63) is 41.4 Å². The summed E-state index contributed by atoms with van der Waals surface area (Å²) in [6, 6.07) is 10.8. The molecule has 0 saturated carbocycles. The third kappa shape index (κ3) is 4.20. The molecule has 2 aromatic rings. The standard InChI is InChI=1S/C16H21ClN2O2S/c17-15-10-9-13-7-3-4-8-14(13)16(15)22(20,21)19-12-6-2-1-5-11-18/h3-4,7-10,19H,1-2,5-6,11-12,18H2. The first-order valence-corrected chi connectivity index (χ1v) is 9.29. The van der Waals surface area contributed by atoms with Crippen LogP contribution in [0, 0.1) is 0 Å². The maximum Gasteiger partial charge on any atom is 0.242 e. The molecule has 120 valence electrons. The van der Waals surface area contributed by atoms with Crippen LogP contribution in [0.1, 0.15) is 25.7 Å². The van der Waals surface area contributed by atoms with Crippen LogP contribution >= 0.6 is 11.6 Å². The highest BCUT2D eigenvalue weighted by atomic mass is 35.5. The third-order valence-corrected chi connectivity index (χ3v) is 5.51. The van der Waals surface area contributed by atoms with Gasteiger partial charge in [0.2, 0.25) is 10.0 Å². The Morgan fingerprint density at radius 3 is 2.50 bits per heavy atom. The molecule has 0 bridgehead atoms. The van der Waals surface area contributed by atoms with E-state index in [1.807, 2.05) is 24.3 Å². The van der Waals surface area contributed by atoms with E-state index in [0.29, 0.717) is 18.5 Å².